The highest BCUT2D eigenvalue weighted by atomic mass is 16.5. The first-order chi connectivity index (χ1) is 16.0. The van der Waals surface area contributed by atoms with Crippen LogP contribution in [0.15, 0.2) is 64.1 Å². The fraction of sp³-hybridized carbons (Fsp3) is 0.250. The molecule has 2 aromatic carbocycles. The SMILES string of the molecule is CC1=Nc2nnnn2C(c2ccccc2-c2c(C)noc2C)C1C(=O)OCc1ccccc1. The van der Waals surface area contributed by atoms with E-state index in [0.717, 1.165) is 27.9 Å². The first-order valence-corrected chi connectivity index (χ1v) is 10.6. The Morgan fingerprint density at radius 3 is 2.58 bits per heavy atom. The van der Waals surface area contributed by atoms with Gasteiger partial charge >= 0.3 is 5.97 Å². The van der Waals surface area contributed by atoms with Gasteiger partial charge in [0.05, 0.1) is 5.69 Å². The Labute approximate surface area is 190 Å². The number of hydrogen-bond donors (Lipinski definition) is 0. The maximum absolute atomic E-state index is 13.4. The summed E-state index contributed by atoms with van der Waals surface area (Å²) in [5, 5.41) is 16.1. The molecule has 0 spiro atoms. The zero-order valence-corrected chi connectivity index (χ0v) is 18.5. The van der Waals surface area contributed by atoms with Crippen molar-refractivity contribution >= 4 is 17.6 Å². The molecular weight excluding hydrogens is 420 g/mol. The number of carbonyl (C=O) groups excluding carboxylic acids is 1. The van der Waals surface area contributed by atoms with Gasteiger partial charge in [0, 0.05) is 11.3 Å². The van der Waals surface area contributed by atoms with Crippen molar-refractivity contribution in [2.24, 2.45) is 10.9 Å². The highest BCUT2D eigenvalue weighted by molar-refractivity contribution is 6.03. The number of aromatic nitrogens is 5. The van der Waals surface area contributed by atoms with Gasteiger partial charge in [-0.15, -0.1) is 0 Å². The number of tetrazole rings is 1. The molecule has 2 unspecified atom stereocenters. The van der Waals surface area contributed by atoms with E-state index in [9.17, 15) is 4.79 Å². The van der Waals surface area contributed by atoms with Crippen LogP contribution in [0.4, 0.5) is 5.95 Å². The third-order valence-corrected chi connectivity index (χ3v) is 5.84. The number of aliphatic imine (C=N–C) groups is 1. The lowest BCUT2D eigenvalue weighted by molar-refractivity contribution is -0.148. The van der Waals surface area contributed by atoms with Crippen molar-refractivity contribution in [1.82, 2.24) is 25.4 Å². The van der Waals surface area contributed by atoms with Crippen LogP contribution in [0.3, 0.4) is 0 Å². The first-order valence-electron chi connectivity index (χ1n) is 10.6. The van der Waals surface area contributed by atoms with E-state index >= 15 is 0 Å². The number of fused-ring (bicyclic) bond motifs is 1. The van der Waals surface area contributed by atoms with Gasteiger partial charge in [0.2, 0.25) is 0 Å². The normalized spacial score (nSPS) is 17.4. The van der Waals surface area contributed by atoms with Crippen molar-refractivity contribution in [2.75, 3.05) is 0 Å². The molecular formula is C24H22N6O3. The Balaban J connectivity index is 1.59. The van der Waals surface area contributed by atoms with Crippen LogP contribution in [0, 0.1) is 19.8 Å². The van der Waals surface area contributed by atoms with Gasteiger partial charge in [-0.05, 0) is 47.9 Å². The topological polar surface area (TPSA) is 108 Å². The molecule has 0 fully saturated rings. The summed E-state index contributed by atoms with van der Waals surface area (Å²) in [6, 6.07) is 16.8. The molecule has 1 aliphatic rings. The highest BCUT2D eigenvalue weighted by Crippen LogP contribution is 2.41. The van der Waals surface area contributed by atoms with Crippen molar-refractivity contribution in [3.8, 4) is 11.1 Å². The van der Waals surface area contributed by atoms with Gasteiger partial charge in [0.1, 0.15) is 24.3 Å². The van der Waals surface area contributed by atoms with Crippen molar-refractivity contribution in [2.45, 2.75) is 33.4 Å². The molecule has 166 valence electrons. The van der Waals surface area contributed by atoms with Gasteiger partial charge in [0.25, 0.3) is 5.95 Å². The summed E-state index contributed by atoms with van der Waals surface area (Å²) in [5.41, 5.74) is 4.91. The molecule has 0 saturated heterocycles. The number of esters is 1. The van der Waals surface area contributed by atoms with Crippen molar-refractivity contribution in [1.29, 1.82) is 0 Å². The van der Waals surface area contributed by atoms with E-state index in [1.165, 1.54) is 0 Å². The zero-order valence-electron chi connectivity index (χ0n) is 18.5. The van der Waals surface area contributed by atoms with E-state index in [-0.39, 0.29) is 12.6 Å². The Morgan fingerprint density at radius 1 is 1.06 bits per heavy atom. The van der Waals surface area contributed by atoms with Crippen LogP contribution in [0.5, 0.6) is 0 Å². The lowest BCUT2D eigenvalue weighted by Crippen LogP contribution is -2.37. The van der Waals surface area contributed by atoms with E-state index in [2.05, 4.69) is 25.7 Å². The number of carbonyl (C=O) groups is 1. The highest BCUT2D eigenvalue weighted by Gasteiger charge is 2.41. The molecule has 0 saturated carbocycles. The summed E-state index contributed by atoms with van der Waals surface area (Å²) in [7, 11) is 0. The molecule has 2 atom stereocenters. The molecule has 0 aliphatic carbocycles. The molecule has 0 radical (unpaired) electrons. The third-order valence-electron chi connectivity index (χ3n) is 5.84. The molecule has 0 amide bonds. The Bertz CT molecular complexity index is 1320. The molecule has 0 bridgehead atoms. The summed E-state index contributed by atoms with van der Waals surface area (Å²) < 4.78 is 12.7. The third kappa shape index (κ3) is 3.71. The zero-order chi connectivity index (χ0) is 22.9. The lowest BCUT2D eigenvalue weighted by atomic mass is 9.84. The summed E-state index contributed by atoms with van der Waals surface area (Å²) in [6.45, 7) is 5.74. The molecule has 1 aliphatic heterocycles. The van der Waals surface area contributed by atoms with Crippen LogP contribution in [-0.2, 0) is 16.1 Å². The van der Waals surface area contributed by atoms with Gasteiger partial charge in [0.15, 0.2) is 0 Å². The fourth-order valence-corrected chi connectivity index (χ4v) is 4.32. The average Bonchev–Trinajstić information content (AvgIpc) is 3.43. The molecule has 5 rings (SSSR count). The Kier molecular flexibility index (Phi) is 5.29. The monoisotopic (exact) mass is 442 g/mol. The average molecular weight is 442 g/mol. The fourth-order valence-electron chi connectivity index (χ4n) is 4.32. The van der Waals surface area contributed by atoms with Crippen LogP contribution >= 0.6 is 0 Å². The summed E-state index contributed by atoms with van der Waals surface area (Å²) in [6.07, 6.45) is 0. The molecule has 9 nitrogen and oxygen atoms in total. The molecule has 33 heavy (non-hydrogen) atoms. The lowest BCUT2D eigenvalue weighted by Gasteiger charge is -2.30. The van der Waals surface area contributed by atoms with Crippen LogP contribution in [0.25, 0.3) is 11.1 Å². The van der Waals surface area contributed by atoms with Crippen LogP contribution < -0.4 is 0 Å². The minimum Gasteiger partial charge on any atom is -0.460 e. The smallest absolute Gasteiger partial charge is 0.317 e. The van der Waals surface area contributed by atoms with Crippen LogP contribution in [0.2, 0.25) is 0 Å². The van der Waals surface area contributed by atoms with Crippen LogP contribution in [0.1, 0.15) is 35.5 Å². The predicted molar refractivity (Wildman–Crippen MR) is 120 cm³/mol. The molecule has 0 N–H and O–H groups in total. The summed E-state index contributed by atoms with van der Waals surface area (Å²) in [5.74, 6) is -0.0504. The predicted octanol–water partition coefficient (Wildman–Crippen LogP) is 4.00. The van der Waals surface area contributed by atoms with Crippen molar-refractivity contribution in [3.05, 3.63) is 77.2 Å². The quantitative estimate of drug-likeness (QED) is 0.430. The maximum atomic E-state index is 13.4. The van der Waals surface area contributed by atoms with E-state index in [1.54, 1.807) is 11.6 Å². The second-order valence-electron chi connectivity index (χ2n) is 7.98. The van der Waals surface area contributed by atoms with Gasteiger partial charge in [-0.3, -0.25) is 4.79 Å². The van der Waals surface area contributed by atoms with Crippen molar-refractivity contribution < 1.29 is 14.1 Å². The van der Waals surface area contributed by atoms with Gasteiger partial charge in [-0.1, -0.05) is 64.9 Å². The second-order valence-corrected chi connectivity index (χ2v) is 7.98. The number of benzene rings is 2. The summed E-state index contributed by atoms with van der Waals surface area (Å²) >= 11 is 0. The molecule has 2 aromatic heterocycles. The van der Waals surface area contributed by atoms with E-state index < -0.39 is 12.0 Å². The largest absolute Gasteiger partial charge is 0.460 e. The molecule has 9 heteroatoms. The maximum Gasteiger partial charge on any atom is 0.317 e. The Hall–Kier alpha value is -4.14. The Morgan fingerprint density at radius 2 is 1.82 bits per heavy atom. The van der Waals surface area contributed by atoms with Crippen LogP contribution in [-0.4, -0.2) is 37.0 Å². The minimum atomic E-state index is -0.702. The number of ether oxygens (including phenoxy) is 1. The number of aryl methyl sites for hydroxylation is 2. The summed E-state index contributed by atoms with van der Waals surface area (Å²) in [4.78, 5) is 17.9. The first kappa shape index (κ1) is 20.7. The number of rotatable bonds is 5. The second kappa shape index (κ2) is 8.42. The standard InChI is InChI=1S/C24H22N6O3/c1-14-21(23(31)32-13-17-9-5-4-6-10-17)22(30-24(25-14)26-28-29-30)19-12-8-7-11-18(19)20-15(2)27-33-16(20)3/h4-12,21-22H,13H2,1-3H3. The molecule has 4 aromatic rings. The number of hydrogen-bond acceptors (Lipinski definition) is 8. The minimum absolute atomic E-state index is 0.171. The molecule has 3 heterocycles. The van der Waals surface area contributed by atoms with Crippen molar-refractivity contribution in [3.63, 3.8) is 0 Å². The number of nitrogens with zero attached hydrogens (tertiary/aromatic N) is 6. The van der Waals surface area contributed by atoms with E-state index in [4.69, 9.17) is 9.26 Å². The van der Waals surface area contributed by atoms with E-state index in [1.807, 2.05) is 68.4 Å². The van der Waals surface area contributed by atoms with Gasteiger partial charge in [-0.2, -0.15) is 0 Å². The van der Waals surface area contributed by atoms with E-state index in [0.29, 0.717) is 17.4 Å². The van der Waals surface area contributed by atoms with Gasteiger partial charge < -0.3 is 9.26 Å². The van der Waals surface area contributed by atoms with Gasteiger partial charge in [-0.25, -0.2) is 9.67 Å².